The van der Waals surface area contributed by atoms with Gasteiger partial charge in [-0.1, -0.05) is 6.07 Å². The Hall–Kier alpha value is -1.61. The molecule has 106 valence electrons. The van der Waals surface area contributed by atoms with Crippen LogP contribution in [0.5, 0.6) is 5.75 Å². The number of methoxy groups -OCH3 is 1. The van der Waals surface area contributed by atoms with E-state index in [1.165, 1.54) is 6.07 Å². The van der Waals surface area contributed by atoms with Crippen LogP contribution in [0.4, 0.5) is 8.78 Å². The second-order valence-corrected chi connectivity index (χ2v) is 5.14. The first-order valence-electron chi connectivity index (χ1n) is 6.18. The summed E-state index contributed by atoms with van der Waals surface area (Å²) in [5.41, 5.74) is 2.32. The van der Waals surface area contributed by atoms with Crippen molar-refractivity contribution in [3.8, 4) is 5.75 Å². The fourth-order valence-corrected chi connectivity index (χ4v) is 2.51. The highest BCUT2D eigenvalue weighted by molar-refractivity contribution is 6.22. The largest absolute Gasteiger partial charge is 0.497 e. The van der Waals surface area contributed by atoms with Gasteiger partial charge < -0.3 is 4.74 Å². The number of hydrogen-bond acceptors (Lipinski definition) is 1. The van der Waals surface area contributed by atoms with Gasteiger partial charge in [-0.2, -0.15) is 0 Å². The van der Waals surface area contributed by atoms with Gasteiger partial charge in [0.2, 0.25) is 0 Å². The van der Waals surface area contributed by atoms with Crippen molar-refractivity contribution >= 4 is 11.6 Å². The van der Waals surface area contributed by atoms with Crippen LogP contribution in [0.2, 0.25) is 0 Å². The van der Waals surface area contributed by atoms with Gasteiger partial charge in [0.05, 0.1) is 12.5 Å². The summed E-state index contributed by atoms with van der Waals surface area (Å²) in [6.07, 6.45) is 0. The summed E-state index contributed by atoms with van der Waals surface area (Å²) >= 11 is 6.36. The molecule has 0 fully saturated rings. The molecule has 2 rings (SSSR count). The van der Waals surface area contributed by atoms with Gasteiger partial charge in [-0.15, -0.1) is 11.6 Å². The van der Waals surface area contributed by atoms with E-state index in [2.05, 4.69) is 0 Å². The molecular weight excluding hydrogens is 282 g/mol. The molecule has 0 aliphatic rings. The first-order chi connectivity index (χ1) is 9.43. The molecule has 0 spiro atoms. The molecule has 0 aliphatic heterocycles. The van der Waals surface area contributed by atoms with Crippen molar-refractivity contribution in [3.05, 3.63) is 64.2 Å². The molecule has 0 heterocycles. The Morgan fingerprint density at radius 3 is 2.25 bits per heavy atom. The molecule has 1 nitrogen and oxygen atoms in total. The van der Waals surface area contributed by atoms with Crippen LogP contribution in [0, 0.1) is 25.5 Å². The third-order valence-corrected chi connectivity index (χ3v) is 3.77. The molecule has 0 saturated heterocycles. The van der Waals surface area contributed by atoms with Gasteiger partial charge in [-0.05, 0) is 48.7 Å². The number of alkyl halides is 1. The van der Waals surface area contributed by atoms with Gasteiger partial charge in [0.15, 0.2) is 0 Å². The Kier molecular flexibility index (Phi) is 4.29. The van der Waals surface area contributed by atoms with E-state index in [0.717, 1.165) is 17.2 Å². The lowest BCUT2D eigenvalue weighted by Gasteiger charge is -2.16. The van der Waals surface area contributed by atoms with Crippen LogP contribution in [0.15, 0.2) is 30.3 Å². The zero-order chi connectivity index (χ0) is 14.9. The quantitative estimate of drug-likeness (QED) is 0.731. The molecule has 1 atom stereocenters. The number of hydrogen-bond donors (Lipinski definition) is 0. The number of halogens is 3. The average molecular weight is 297 g/mol. The molecule has 0 bridgehead atoms. The van der Waals surface area contributed by atoms with Crippen LogP contribution in [-0.4, -0.2) is 7.11 Å². The van der Waals surface area contributed by atoms with Crippen molar-refractivity contribution < 1.29 is 13.5 Å². The lowest BCUT2D eigenvalue weighted by molar-refractivity contribution is 0.414. The maximum atomic E-state index is 13.9. The maximum Gasteiger partial charge on any atom is 0.131 e. The second kappa shape index (κ2) is 5.80. The summed E-state index contributed by atoms with van der Waals surface area (Å²) < 4.78 is 32.3. The van der Waals surface area contributed by atoms with Gasteiger partial charge in [-0.3, -0.25) is 0 Å². The van der Waals surface area contributed by atoms with Crippen LogP contribution >= 0.6 is 11.6 Å². The lowest BCUT2D eigenvalue weighted by atomic mass is 9.98. The Morgan fingerprint density at radius 1 is 0.950 bits per heavy atom. The molecule has 1 unspecified atom stereocenters. The van der Waals surface area contributed by atoms with Crippen LogP contribution in [-0.2, 0) is 0 Å². The fraction of sp³-hybridized carbons (Fsp3) is 0.250. The maximum absolute atomic E-state index is 13.9. The highest BCUT2D eigenvalue weighted by Crippen LogP contribution is 2.34. The minimum Gasteiger partial charge on any atom is -0.497 e. The molecule has 0 radical (unpaired) electrons. The normalized spacial score (nSPS) is 12.3. The summed E-state index contributed by atoms with van der Waals surface area (Å²) in [5, 5.41) is -0.666. The van der Waals surface area contributed by atoms with E-state index in [1.54, 1.807) is 26.2 Å². The Morgan fingerprint density at radius 2 is 1.65 bits per heavy atom. The Bertz CT molecular complexity index is 641. The van der Waals surface area contributed by atoms with Crippen molar-refractivity contribution in [2.24, 2.45) is 0 Å². The highest BCUT2D eigenvalue weighted by Gasteiger charge is 2.19. The van der Waals surface area contributed by atoms with E-state index in [4.69, 9.17) is 16.3 Å². The van der Waals surface area contributed by atoms with E-state index in [0.29, 0.717) is 11.3 Å². The molecular formula is C16H15ClF2O. The third-order valence-electron chi connectivity index (χ3n) is 3.30. The predicted octanol–water partition coefficient (Wildman–Crippen LogP) is 4.92. The number of rotatable bonds is 3. The summed E-state index contributed by atoms with van der Waals surface area (Å²) in [7, 11) is 1.58. The summed E-state index contributed by atoms with van der Waals surface area (Å²) in [6.45, 7) is 3.46. The van der Waals surface area contributed by atoms with E-state index >= 15 is 0 Å². The van der Waals surface area contributed by atoms with Gasteiger partial charge in [-0.25, -0.2) is 8.78 Å². The first kappa shape index (κ1) is 14.8. The predicted molar refractivity (Wildman–Crippen MR) is 76.5 cm³/mol. The van der Waals surface area contributed by atoms with Crippen molar-refractivity contribution in [3.63, 3.8) is 0 Å². The molecule has 4 heteroatoms. The average Bonchev–Trinajstić information content (AvgIpc) is 2.42. The minimum absolute atomic E-state index is 0.277. The molecule has 0 aromatic heterocycles. The topological polar surface area (TPSA) is 9.23 Å². The lowest BCUT2D eigenvalue weighted by Crippen LogP contribution is -2.02. The molecule has 2 aromatic carbocycles. The van der Waals surface area contributed by atoms with Crippen LogP contribution in [0.3, 0.4) is 0 Å². The molecule has 0 amide bonds. The standard InChI is InChI=1S/C16H15ClF2O/c1-9-6-11(20-3)4-5-12(9)16(17)13-7-10(2)14(18)8-15(13)19/h4-8,16H,1-3H3. The monoisotopic (exact) mass is 296 g/mol. The van der Waals surface area contributed by atoms with Crippen LogP contribution in [0.1, 0.15) is 27.6 Å². The number of aryl methyl sites for hydroxylation is 2. The molecule has 2 aromatic rings. The second-order valence-electron chi connectivity index (χ2n) is 4.71. The van der Waals surface area contributed by atoms with Crippen LogP contribution in [0.25, 0.3) is 0 Å². The summed E-state index contributed by atoms with van der Waals surface area (Å²) in [4.78, 5) is 0. The molecule has 0 aliphatic carbocycles. The zero-order valence-corrected chi connectivity index (χ0v) is 12.3. The molecule has 20 heavy (non-hydrogen) atoms. The molecule has 0 saturated carbocycles. The van der Waals surface area contributed by atoms with Gasteiger partial charge >= 0.3 is 0 Å². The van der Waals surface area contributed by atoms with Crippen LogP contribution < -0.4 is 4.74 Å². The summed E-state index contributed by atoms with van der Waals surface area (Å²) in [6, 6.07) is 7.72. The van der Waals surface area contributed by atoms with E-state index in [9.17, 15) is 8.78 Å². The number of ether oxygens (including phenoxy) is 1. The van der Waals surface area contributed by atoms with E-state index < -0.39 is 17.0 Å². The van der Waals surface area contributed by atoms with E-state index in [-0.39, 0.29) is 5.56 Å². The van der Waals surface area contributed by atoms with Gasteiger partial charge in [0.1, 0.15) is 17.4 Å². The smallest absolute Gasteiger partial charge is 0.131 e. The van der Waals surface area contributed by atoms with Crippen molar-refractivity contribution in [1.82, 2.24) is 0 Å². The van der Waals surface area contributed by atoms with Gasteiger partial charge in [0, 0.05) is 11.6 Å². The SMILES string of the molecule is COc1ccc(C(Cl)c2cc(C)c(F)cc2F)c(C)c1. The molecule has 0 N–H and O–H groups in total. The van der Waals surface area contributed by atoms with Crippen molar-refractivity contribution in [2.75, 3.05) is 7.11 Å². The Labute approximate surface area is 122 Å². The summed E-state index contributed by atoms with van der Waals surface area (Å²) in [5.74, 6) is -0.490. The third kappa shape index (κ3) is 2.78. The van der Waals surface area contributed by atoms with Crippen molar-refractivity contribution in [2.45, 2.75) is 19.2 Å². The highest BCUT2D eigenvalue weighted by atomic mass is 35.5. The van der Waals surface area contributed by atoms with Gasteiger partial charge in [0.25, 0.3) is 0 Å². The number of benzene rings is 2. The first-order valence-corrected chi connectivity index (χ1v) is 6.62. The van der Waals surface area contributed by atoms with Crippen molar-refractivity contribution in [1.29, 1.82) is 0 Å². The Balaban J connectivity index is 2.46. The van der Waals surface area contributed by atoms with E-state index in [1.807, 2.05) is 13.0 Å². The zero-order valence-electron chi connectivity index (χ0n) is 11.5. The minimum atomic E-state index is -0.666. The fourth-order valence-electron chi connectivity index (χ4n) is 2.10.